The van der Waals surface area contributed by atoms with E-state index in [0.29, 0.717) is 0 Å². The summed E-state index contributed by atoms with van der Waals surface area (Å²) in [6, 6.07) is 0. The van der Waals surface area contributed by atoms with E-state index >= 15 is 0 Å². The smallest absolute Gasteiger partial charge is 0.309 e. The van der Waals surface area contributed by atoms with Crippen molar-refractivity contribution in [2.24, 2.45) is 5.92 Å². The number of hydrogen-bond donors (Lipinski definition) is 0. The highest BCUT2D eigenvalue weighted by molar-refractivity contribution is 5.74. The minimum absolute atomic E-state index is 0.00116. The van der Waals surface area contributed by atoms with E-state index < -0.39 is 0 Å². The molecule has 54 valence electrons. The number of carbonyl (C=O) groups excluding carboxylic acids is 1. The molecule has 0 radical (unpaired) electrons. The van der Waals surface area contributed by atoms with Gasteiger partial charge < -0.3 is 4.74 Å². The Balaban J connectivity index is 2.23. The average molecular weight is 138 g/mol. The van der Waals surface area contributed by atoms with Crippen LogP contribution in [0, 0.1) is 5.92 Å². The van der Waals surface area contributed by atoms with Gasteiger partial charge >= 0.3 is 5.97 Å². The lowest BCUT2D eigenvalue weighted by molar-refractivity contribution is -0.156. The zero-order valence-electron chi connectivity index (χ0n) is 5.75. The van der Waals surface area contributed by atoms with E-state index in [1.165, 1.54) is 0 Å². The van der Waals surface area contributed by atoms with Crippen molar-refractivity contribution >= 4 is 5.97 Å². The van der Waals surface area contributed by atoms with Gasteiger partial charge in [-0.15, -0.1) is 0 Å². The van der Waals surface area contributed by atoms with E-state index in [-0.39, 0.29) is 18.0 Å². The highest BCUT2D eigenvalue weighted by Crippen LogP contribution is 2.27. The van der Waals surface area contributed by atoms with Gasteiger partial charge in [0.05, 0.1) is 5.92 Å². The van der Waals surface area contributed by atoms with Crippen LogP contribution in [0.2, 0.25) is 0 Å². The minimum Gasteiger partial charge on any atom is -0.458 e. The molecule has 2 heteroatoms. The van der Waals surface area contributed by atoms with Crippen LogP contribution in [0.25, 0.3) is 0 Å². The van der Waals surface area contributed by atoms with Gasteiger partial charge in [0.2, 0.25) is 0 Å². The molecular formula is C8H10O2. The highest BCUT2D eigenvalue weighted by atomic mass is 16.5. The first-order chi connectivity index (χ1) is 4.86. The third-order valence-electron chi connectivity index (χ3n) is 2.17. The van der Waals surface area contributed by atoms with Gasteiger partial charge in [-0.2, -0.15) is 0 Å². The molecule has 3 rings (SSSR count). The molecule has 2 heterocycles. The molecule has 10 heavy (non-hydrogen) atoms. The van der Waals surface area contributed by atoms with Crippen LogP contribution in [0.1, 0.15) is 19.3 Å². The molecule has 3 aliphatic rings. The molecule has 0 spiro atoms. The first kappa shape index (κ1) is 5.96. The van der Waals surface area contributed by atoms with Crippen molar-refractivity contribution in [1.29, 1.82) is 0 Å². The van der Waals surface area contributed by atoms with Crippen molar-refractivity contribution < 1.29 is 9.53 Å². The van der Waals surface area contributed by atoms with E-state index in [2.05, 4.69) is 6.08 Å². The average Bonchev–Trinajstić information content (AvgIpc) is 2.20. The molecule has 2 unspecified atom stereocenters. The van der Waals surface area contributed by atoms with Gasteiger partial charge in [0.1, 0.15) is 6.10 Å². The second-order valence-electron chi connectivity index (χ2n) is 2.91. The van der Waals surface area contributed by atoms with Crippen molar-refractivity contribution in [3.8, 4) is 0 Å². The van der Waals surface area contributed by atoms with Crippen LogP contribution < -0.4 is 0 Å². The number of rotatable bonds is 0. The molecule has 0 aromatic carbocycles. The summed E-state index contributed by atoms with van der Waals surface area (Å²) in [6.07, 6.45) is 7.07. The number of allylic oxidation sites excluding steroid dienone is 1. The van der Waals surface area contributed by atoms with Crippen molar-refractivity contribution in [3.05, 3.63) is 12.2 Å². The molecule has 1 fully saturated rings. The Kier molecular flexibility index (Phi) is 1.26. The maximum absolute atomic E-state index is 11.0. The summed E-state index contributed by atoms with van der Waals surface area (Å²) >= 11 is 0. The first-order valence-corrected chi connectivity index (χ1v) is 3.73. The Morgan fingerprint density at radius 1 is 1.50 bits per heavy atom. The van der Waals surface area contributed by atoms with Crippen LogP contribution in [-0.4, -0.2) is 12.1 Å². The molecule has 0 amide bonds. The molecule has 2 aliphatic heterocycles. The Bertz CT molecular complexity index is 184. The molecule has 0 N–H and O–H groups in total. The largest absolute Gasteiger partial charge is 0.458 e. The molecule has 1 saturated heterocycles. The number of esters is 1. The fraction of sp³-hybridized carbons (Fsp3) is 0.625. The summed E-state index contributed by atoms with van der Waals surface area (Å²) in [5.74, 6) is 0.163. The SMILES string of the molecule is O=C1OC2C=CCC1CC2. The van der Waals surface area contributed by atoms with E-state index in [1.807, 2.05) is 6.08 Å². The normalized spacial score (nSPS) is 37.4. The van der Waals surface area contributed by atoms with Crippen LogP contribution in [0.5, 0.6) is 0 Å². The highest BCUT2D eigenvalue weighted by Gasteiger charge is 2.29. The third-order valence-corrected chi connectivity index (χ3v) is 2.17. The minimum atomic E-state index is 0.00116. The molecular weight excluding hydrogens is 128 g/mol. The second-order valence-corrected chi connectivity index (χ2v) is 2.91. The molecule has 2 bridgehead atoms. The van der Waals surface area contributed by atoms with Gasteiger partial charge in [-0.1, -0.05) is 6.08 Å². The number of fused-ring (bicyclic) bond motifs is 3. The Morgan fingerprint density at radius 2 is 2.40 bits per heavy atom. The molecule has 0 saturated carbocycles. The summed E-state index contributed by atoms with van der Waals surface area (Å²) in [5, 5.41) is 0. The topological polar surface area (TPSA) is 26.3 Å². The summed E-state index contributed by atoms with van der Waals surface area (Å²) in [7, 11) is 0. The number of ether oxygens (including phenoxy) is 1. The number of hydrogen-bond acceptors (Lipinski definition) is 2. The second kappa shape index (κ2) is 2.11. The fourth-order valence-electron chi connectivity index (χ4n) is 1.53. The summed E-state index contributed by atoms with van der Waals surface area (Å²) in [5.41, 5.74) is 0. The van der Waals surface area contributed by atoms with Gasteiger partial charge in [0.15, 0.2) is 0 Å². The summed E-state index contributed by atoms with van der Waals surface area (Å²) in [6.45, 7) is 0. The van der Waals surface area contributed by atoms with Gasteiger partial charge in [0.25, 0.3) is 0 Å². The summed E-state index contributed by atoms with van der Waals surface area (Å²) in [4.78, 5) is 11.0. The third kappa shape index (κ3) is 0.838. The van der Waals surface area contributed by atoms with E-state index in [9.17, 15) is 4.79 Å². The molecule has 0 aromatic heterocycles. The van der Waals surface area contributed by atoms with Gasteiger partial charge in [-0.05, 0) is 25.3 Å². The predicted molar refractivity (Wildman–Crippen MR) is 36.4 cm³/mol. The zero-order chi connectivity index (χ0) is 6.97. The van der Waals surface area contributed by atoms with Gasteiger partial charge in [0, 0.05) is 0 Å². The van der Waals surface area contributed by atoms with E-state index in [4.69, 9.17) is 4.74 Å². The molecule has 2 nitrogen and oxygen atoms in total. The van der Waals surface area contributed by atoms with Gasteiger partial charge in [-0.25, -0.2) is 0 Å². The lowest BCUT2D eigenvalue weighted by Crippen LogP contribution is -2.27. The number of carbonyl (C=O) groups is 1. The van der Waals surface area contributed by atoms with Crippen molar-refractivity contribution in [2.45, 2.75) is 25.4 Å². The van der Waals surface area contributed by atoms with Crippen LogP contribution >= 0.6 is 0 Å². The van der Waals surface area contributed by atoms with Crippen LogP contribution in [-0.2, 0) is 9.53 Å². The maximum Gasteiger partial charge on any atom is 0.309 e. The fourth-order valence-corrected chi connectivity index (χ4v) is 1.53. The first-order valence-electron chi connectivity index (χ1n) is 3.73. The standard InChI is InChI=1S/C8H10O2/c9-8-6-2-1-3-7(10-8)5-4-6/h1,3,6-7H,2,4-5H2. The predicted octanol–water partition coefficient (Wildman–Crippen LogP) is 1.27. The zero-order valence-corrected chi connectivity index (χ0v) is 5.75. The van der Waals surface area contributed by atoms with Crippen LogP contribution in [0.3, 0.4) is 0 Å². The van der Waals surface area contributed by atoms with Crippen molar-refractivity contribution in [3.63, 3.8) is 0 Å². The van der Waals surface area contributed by atoms with Crippen molar-refractivity contribution in [2.75, 3.05) is 0 Å². The van der Waals surface area contributed by atoms with E-state index in [1.54, 1.807) is 0 Å². The van der Waals surface area contributed by atoms with Crippen LogP contribution in [0.4, 0.5) is 0 Å². The van der Waals surface area contributed by atoms with Crippen LogP contribution in [0.15, 0.2) is 12.2 Å². The van der Waals surface area contributed by atoms with Gasteiger partial charge in [-0.3, -0.25) is 4.79 Å². The van der Waals surface area contributed by atoms with E-state index in [0.717, 1.165) is 19.3 Å². The Morgan fingerprint density at radius 3 is 3.20 bits per heavy atom. The Labute approximate surface area is 59.9 Å². The lowest BCUT2D eigenvalue weighted by atomic mass is 9.98. The molecule has 0 aromatic rings. The lowest BCUT2D eigenvalue weighted by Gasteiger charge is -2.22. The van der Waals surface area contributed by atoms with Crippen molar-refractivity contribution in [1.82, 2.24) is 0 Å². The molecule has 2 atom stereocenters. The summed E-state index contributed by atoms with van der Waals surface area (Å²) < 4.78 is 5.08. The molecule has 1 aliphatic carbocycles. The Hall–Kier alpha value is -0.790. The maximum atomic E-state index is 11.0. The quantitative estimate of drug-likeness (QED) is 0.372. The monoisotopic (exact) mass is 138 g/mol.